The van der Waals surface area contributed by atoms with Crippen LogP contribution < -0.4 is 4.90 Å². The van der Waals surface area contributed by atoms with Crippen molar-refractivity contribution in [1.82, 2.24) is 0 Å². The first-order valence-electron chi connectivity index (χ1n) is 8.76. The average Bonchev–Trinajstić information content (AvgIpc) is 3.18. The third-order valence-electron chi connectivity index (χ3n) is 5.12. The minimum atomic E-state index is -1.40. The zero-order valence-electron chi connectivity index (χ0n) is 15.3. The van der Waals surface area contributed by atoms with E-state index < -0.39 is 16.4 Å². The van der Waals surface area contributed by atoms with Gasteiger partial charge in [0.2, 0.25) is 11.5 Å². The Labute approximate surface area is 160 Å². The predicted molar refractivity (Wildman–Crippen MR) is 101 cm³/mol. The second-order valence-corrected chi connectivity index (χ2v) is 7.06. The van der Waals surface area contributed by atoms with E-state index >= 15 is 0 Å². The maximum Gasteiger partial charge on any atom is 0.281 e. The summed E-state index contributed by atoms with van der Waals surface area (Å²) in [6.45, 7) is 3.68. The predicted octanol–water partition coefficient (Wildman–Crippen LogP) is 3.04. The minimum Gasteiger partial charge on any atom is -0.378 e. The third kappa shape index (κ3) is 2.65. The zero-order valence-corrected chi connectivity index (χ0v) is 15.3. The van der Waals surface area contributed by atoms with Gasteiger partial charge in [-0.25, -0.2) is 4.90 Å². The first kappa shape index (κ1) is 17.8. The van der Waals surface area contributed by atoms with E-state index in [4.69, 9.17) is 4.84 Å². The van der Waals surface area contributed by atoms with E-state index in [2.05, 4.69) is 5.16 Å². The van der Waals surface area contributed by atoms with E-state index in [1.807, 2.05) is 32.0 Å². The first-order valence-corrected chi connectivity index (χ1v) is 8.76. The second-order valence-electron chi connectivity index (χ2n) is 7.06. The second kappa shape index (κ2) is 6.26. The molecule has 2 amide bonds. The molecule has 0 bridgehead atoms. The maximum atomic E-state index is 13.2. The molecule has 2 aromatic rings. The number of rotatable bonds is 3. The highest BCUT2D eigenvalue weighted by atomic mass is 16.7. The summed E-state index contributed by atoms with van der Waals surface area (Å²) < 4.78 is 0. The van der Waals surface area contributed by atoms with Crippen molar-refractivity contribution in [1.29, 1.82) is 0 Å². The molecule has 8 nitrogen and oxygen atoms in total. The molecule has 0 N–H and O–H groups in total. The molecule has 2 aliphatic heterocycles. The molecule has 0 unspecified atom stereocenters. The monoisotopic (exact) mass is 379 g/mol. The molecule has 2 aromatic carbocycles. The van der Waals surface area contributed by atoms with Gasteiger partial charge in [0, 0.05) is 24.1 Å². The summed E-state index contributed by atoms with van der Waals surface area (Å²) in [5.41, 5.74) is 1.64. The molecule has 4 rings (SSSR count). The Morgan fingerprint density at radius 1 is 1.11 bits per heavy atom. The van der Waals surface area contributed by atoms with Gasteiger partial charge in [-0.15, -0.1) is 0 Å². The number of benzene rings is 2. The number of oxime groups is 1. The van der Waals surface area contributed by atoms with Crippen LogP contribution in [0, 0.1) is 24.0 Å². The highest BCUT2D eigenvalue weighted by Crippen LogP contribution is 2.41. The van der Waals surface area contributed by atoms with Gasteiger partial charge < -0.3 is 4.84 Å². The number of non-ortho nitro benzene ring substituents is 1. The van der Waals surface area contributed by atoms with Crippen molar-refractivity contribution in [3.63, 3.8) is 0 Å². The van der Waals surface area contributed by atoms with Gasteiger partial charge in [-0.3, -0.25) is 19.7 Å². The molecule has 0 saturated carbocycles. The number of anilines is 1. The third-order valence-corrected chi connectivity index (χ3v) is 5.12. The Balaban J connectivity index is 1.65. The van der Waals surface area contributed by atoms with Gasteiger partial charge in [-0.1, -0.05) is 35.5 Å². The van der Waals surface area contributed by atoms with Crippen molar-refractivity contribution in [2.24, 2.45) is 5.16 Å². The number of nitro groups is 1. The van der Waals surface area contributed by atoms with Gasteiger partial charge in [0.15, 0.2) is 0 Å². The van der Waals surface area contributed by atoms with Gasteiger partial charge >= 0.3 is 0 Å². The van der Waals surface area contributed by atoms with Crippen molar-refractivity contribution in [3.05, 3.63) is 69.3 Å². The molecule has 1 atom stereocenters. The summed E-state index contributed by atoms with van der Waals surface area (Å²) in [6.07, 6.45) is -0.0400. The molecule has 0 aliphatic carbocycles. The molecule has 142 valence electrons. The Bertz CT molecular complexity index is 1040. The molecule has 1 spiro atoms. The Kier molecular flexibility index (Phi) is 3.99. The van der Waals surface area contributed by atoms with Crippen molar-refractivity contribution in [3.8, 4) is 0 Å². The van der Waals surface area contributed by atoms with Crippen LogP contribution in [0.4, 0.5) is 11.4 Å². The summed E-state index contributed by atoms with van der Waals surface area (Å²) in [4.78, 5) is 43.1. The Morgan fingerprint density at radius 3 is 2.46 bits per heavy atom. The average molecular weight is 379 g/mol. The smallest absolute Gasteiger partial charge is 0.281 e. The fourth-order valence-corrected chi connectivity index (χ4v) is 3.74. The summed E-state index contributed by atoms with van der Waals surface area (Å²) in [5, 5.41) is 15.0. The molecular weight excluding hydrogens is 362 g/mol. The molecular formula is C20H17N3O5. The van der Waals surface area contributed by atoms with Crippen LogP contribution >= 0.6 is 0 Å². The van der Waals surface area contributed by atoms with Crippen LogP contribution in [-0.2, 0) is 14.4 Å². The number of carbonyl (C=O) groups excluding carboxylic acids is 2. The van der Waals surface area contributed by atoms with Gasteiger partial charge in [-0.05, 0) is 25.0 Å². The standard InChI is InChI=1S/C20H17N3O5/c1-12-5-3-6-13(2)18(12)22-17(24)11-20(19(22)25)10-16(21-28-20)14-7-4-8-15(9-14)23(26)27/h3-9H,10-11H2,1-2H3/t20-/m0/s1. The minimum absolute atomic E-state index is 0.0767. The molecule has 2 aliphatic rings. The lowest BCUT2D eigenvalue weighted by atomic mass is 9.92. The molecule has 8 heteroatoms. The van der Waals surface area contributed by atoms with E-state index in [9.17, 15) is 19.7 Å². The highest BCUT2D eigenvalue weighted by molar-refractivity contribution is 6.26. The van der Waals surface area contributed by atoms with Crippen LogP contribution in [0.2, 0.25) is 0 Å². The lowest BCUT2D eigenvalue weighted by Gasteiger charge is -2.22. The van der Waals surface area contributed by atoms with E-state index in [1.165, 1.54) is 17.0 Å². The normalized spacial score (nSPS) is 21.2. The number of imide groups is 1. The molecule has 2 heterocycles. The van der Waals surface area contributed by atoms with E-state index in [0.29, 0.717) is 17.0 Å². The van der Waals surface area contributed by atoms with Gasteiger partial charge in [0.25, 0.3) is 11.6 Å². The SMILES string of the molecule is Cc1cccc(C)c1N1C(=O)C[C@@]2(CC(c3cccc([N+](=O)[O-])c3)=NO2)C1=O. The molecule has 28 heavy (non-hydrogen) atoms. The van der Waals surface area contributed by atoms with Crippen molar-refractivity contribution < 1.29 is 19.3 Å². The number of carbonyl (C=O) groups is 2. The fourth-order valence-electron chi connectivity index (χ4n) is 3.74. The molecule has 1 saturated heterocycles. The summed E-state index contributed by atoms with van der Waals surface area (Å²) in [7, 11) is 0. The van der Waals surface area contributed by atoms with Crippen LogP contribution in [0.1, 0.15) is 29.5 Å². The largest absolute Gasteiger partial charge is 0.378 e. The van der Waals surface area contributed by atoms with Crippen LogP contribution in [-0.4, -0.2) is 28.1 Å². The zero-order chi connectivity index (χ0) is 20.1. The number of hydrogen-bond donors (Lipinski definition) is 0. The molecule has 0 radical (unpaired) electrons. The quantitative estimate of drug-likeness (QED) is 0.463. The van der Waals surface area contributed by atoms with E-state index in [-0.39, 0.29) is 24.4 Å². The highest BCUT2D eigenvalue weighted by Gasteiger charge is 2.58. The molecule has 1 fully saturated rings. The van der Waals surface area contributed by atoms with Crippen molar-refractivity contribution in [2.45, 2.75) is 32.3 Å². The van der Waals surface area contributed by atoms with Crippen LogP contribution in [0.3, 0.4) is 0 Å². The van der Waals surface area contributed by atoms with Gasteiger partial charge in [0.05, 0.1) is 22.7 Å². The molecule has 0 aromatic heterocycles. The van der Waals surface area contributed by atoms with Gasteiger partial charge in [-0.2, -0.15) is 0 Å². The lowest BCUT2D eigenvalue weighted by molar-refractivity contribution is -0.384. The number of para-hydroxylation sites is 1. The topological polar surface area (TPSA) is 102 Å². The lowest BCUT2D eigenvalue weighted by Crippen LogP contribution is -2.41. The summed E-state index contributed by atoms with van der Waals surface area (Å²) >= 11 is 0. The van der Waals surface area contributed by atoms with Crippen LogP contribution in [0.5, 0.6) is 0 Å². The Morgan fingerprint density at radius 2 is 1.79 bits per heavy atom. The van der Waals surface area contributed by atoms with Crippen molar-refractivity contribution >= 4 is 28.9 Å². The first-order chi connectivity index (χ1) is 13.3. The van der Waals surface area contributed by atoms with E-state index in [1.54, 1.807) is 12.1 Å². The fraction of sp³-hybridized carbons (Fsp3) is 0.250. The number of amides is 2. The number of nitro benzene ring substituents is 1. The summed E-state index contributed by atoms with van der Waals surface area (Å²) in [6, 6.07) is 11.5. The summed E-state index contributed by atoms with van der Waals surface area (Å²) in [5.74, 6) is -0.808. The number of nitrogens with zero attached hydrogens (tertiary/aromatic N) is 3. The van der Waals surface area contributed by atoms with Crippen LogP contribution in [0.15, 0.2) is 47.6 Å². The number of aryl methyl sites for hydroxylation is 2. The number of hydrogen-bond acceptors (Lipinski definition) is 6. The van der Waals surface area contributed by atoms with Crippen LogP contribution in [0.25, 0.3) is 0 Å². The van der Waals surface area contributed by atoms with Gasteiger partial charge in [0.1, 0.15) is 0 Å². The van der Waals surface area contributed by atoms with Crippen molar-refractivity contribution in [2.75, 3.05) is 4.90 Å². The van der Waals surface area contributed by atoms with E-state index in [0.717, 1.165) is 11.1 Å². The Hall–Kier alpha value is -3.55. The maximum absolute atomic E-state index is 13.2.